The minimum absolute atomic E-state index is 0.131. The van der Waals surface area contributed by atoms with Crippen molar-refractivity contribution in [3.8, 4) is 0 Å². The molecule has 78 valence electrons. The summed E-state index contributed by atoms with van der Waals surface area (Å²) < 4.78 is 13.7. The first-order valence-electron chi connectivity index (χ1n) is 4.57. The average molecular weight is 261 g/mol. The van der Waals surface area contributed by atoms with Gasteiger partial charge in [0.25, 0.3) is 0 Å². The third-order valence-corrected chi connectivity index (χ3v) is 2.78. The van der Waals surface area contributed by atoms with Gasteiger partial charge in [0, 0.05) is 0 Å². The summed E-state index contributed by atoms with van der Waals surface area (Å²) in [6.45, 7) is 5.55. The molecule has 1 N–H and O–H groups in total. The van der Waals surface area contributed by atoms with Crippen LogP contribution in [-0.4, -0.2) is 5.11 Å². The molecule has 0 saturated carbocycles. The lowest BCUT2D eigenvalue weighted by atomic mass is 9.98. The molecule has 1 rings (SSSR count). The maximum atomic E-state index is 13.2. The van der Waals surface area contributed by atoms with Gasteiger partial charge in [-0.15, -0.1) is 0 Å². The highest BCUT2D eigenvalue weighted by atomic mass is 79.9. The molecule has 1 atom stereocenters. The van der Waals surface area contributed by atoms with Gasteiger partial charge in [-0.25, -0.2) is 4.39 Å². The van der Waals surface area contributed by atoms with Crippen molar-refractivity contribution in [3.63, 3.8) is 0 Å². The highest BCUT2D eigenvalue weighted by Gasteiger charge is 2.14. The van der Waals surface area contributed by atoms with Gasteiger partial charge >= 0.3 is 0 Å². The number of aliphatic hydroxyl groups is 1. The highest BCUT2D eigenvalue weighted by molar-refractivity contribution is 9.10. The van der Waals surface area contributed by atoms with E-state index in [0.717, 1.165) is 5.56 Å². The van der Waals surface area contributed by atoms with Crippen LogP contribution in [0.5, 0.6) is 0 Å². The molecular formula is C11H14BrFO. The van der Waals surface area contributed by atoms with Crippen LogP contribution in [0.2, 0.25) is 0 Å². The van der Waals surface area contributed by atoms with E-state index < -0.39 is 6.10 Å². The van der Waals surface area contributed by atoms with Crippen LogP contribution >= 0.6 is 15.9 Å². The fourth-order valence-electron chi connectivity index (χ4n) is 1.31. The Bertz CT molecular complexity index is 313. The number of benzene rings is 1. The molecule has 0 aliphatic carbocycles. The zero-order chi connectivity index (χ0) is 10.9. The highest BCUT2D eigenvalue weighted by Crippen LogP contribution is 2.27. The van der Waals surface area contributed by atoms with Gasteiger partial charge in [-0.05, 0) is 46.0 Å². The fraction of sp³-hybridized carbons (Fsp3) is 0.455. The monoisotopic (exact) mass is 260 g/mol. The van der Waals surface area contributed by atoms with Crippen molar-refractivity contribution in [2.45, 2.75) is 26.9 Å². The second-order valence-corrected chi connectivity index (χ2v) is 4.68. The molecule has 0 amide bonds. The van der Waals surface area contributed by atoms with Crippen LogP contribution < -0.4 is 0 Å². The summed E-state index contributed by atoms with van der Waals surface area (Å²) in [7, 11) is 0. The van der Waals surface area contributed by atoms with Crippen LogP contribution in [0.25, 0.3) is 0 Å². The Labute approximate surface area is 92.1 Å². The van der Waals surface area contributed by atoms with Crippen molar-refractivity contribution >= 4 is 15.9 Å². The van der Waals surface area contributed by atoms with E-state index in [1.54, 1.807) is 19.1 Å². The predicted molar refractivity (Wildman–Crippen MR) is 58.6 cm³/mol. The SMILES string of the molecule is Cc1cc(C(O)C(C)C)cc(Br)c1F. The first-order valence-corrected chi connectivity index (χ1v) is 5.36. The van der Waals surface area contributed by atoms with Gasteiger partial charge in [0.15, 0.2) is 0 Å². The van der Waals surface area contributed by atoms with Crippen molar-refractivity contribution in [1.29, 1.82) is 0 Å². The first kappa shape index (κ1) is 11.7. The summed E-state index contributed by atoms with van der Waals surface area (Å²) in [5.41, 5.74) is 1.31. The predicted octanol–water partition coefficient (Wildman–Crippen LogP) is 3.59. The molecule has 0 aromatic heterocycles. The summed E-state index contributed by atoms with van der Waals surface area (Å²) in [6.07, 6.45) is -0.536. The molecule has 0 spiro atoms. The van der Waals surface area contributed by atoms with Crippen molar-refractivity contribution in [1.82, 2.24) is 0 Å². The minimum Gasteiger partial charge on any atom is -0.388 e. The van der Waals surface area contributed by atoms with Gasteiger partial charge in [0.2, 0.25) is 0 Å². The molecular weight excluding hydrogens is 247 g/mol. The van der Waals surface area contributed by atoms with E-state index in [4.69, 9.17) is 0 Å². The Morgan fingerprint density at radius 1 is 1.36 bits per heavy atom. The average Bonchev–Trinajstić information content (AvgIpc) is 2.12. The lowest BCUT2D eigenvalue weighted by Crippen LogP contribution is -2.06. The van der Waals surface area contributed by atoms with E-state index in [1.165, 1.54) is 0 Å². The molecule has 0 aliphatic heterocycles. The number of halogens is 2. The zero-order valence-electron chi connectivity index (χ0n) is 8.51. The molecule has 0 fully saturated rings. The summed E-state index contributed by atoms with van der Waals surface area (Å²) in [4.78, 5) is 0. The molecule has 0 aliphatic rings. The Kier molecular flexibility index (Phi) is 3.67. The van der Waals surface area contributed by atoms with Gasteiger partial charge in [-0.3, -0.25) is 0 Å². The minimum atomic E-state index is -0.536. The van der Waals surface area contributed by atoms with Gasteiger partial charge in [0.1, 0.15) is 5.82 Å². The van der Waals surface area contributed by atoms with Crippen LogP contribution in [-0.2, 0) is 0 Å². The van der Waals surface area contributed by atoms with Crippen LogP contribution in [0.1, 0.15) is 31.1 Å². The third-order valence-electron chi connectivity index (χ3n) is 2.21. The van der Waals surface area contributed by atoms with E-state index >= 15 is 0 Å². The summed E-state index contributed by atoms with van der Waals surface area (Å²) in [6, 6.07) is 3.32. The van der Waals surface area contributed by atoms with Crippen molar-refractivity contribution in [2.75, 3.05) is 0 Å². The van der Waals surface area contributed by atoms with Gasteiger partial charge in [-0.2, -0.15) is 0 Å². The molecule has 0 radical (unpaired) electrons. The normalized spacial score (nSPS) is 13.4. The second kappa shape index (κ2) is 4.41. The number of aryl methyl sites for hydroxylation is 1. The maximum Gasteiger partial charge on any atom is 0.140 e. The Balaban J connectivity index is 3.12. The molecule has 1 aromatic rings. The molecule has 0 saturated heterocycles. The van der Waals surface area contributed by atoms with Crippen molar-refractivity contribution in [3.05, 3.63) is 33.5 Å². The van der Waals surface area contributed by atoms with E-state index in [0.29, 0.717) is 10.0 Å². The Morgan fingerprint density at radius 2 is 1.93 bits per heavy atom. The standard InChI is InChI=1S/C11H14BrFO/c1-6(2)11(14)8-4-7(3)10(13)9(12)5-8/h4-6,11,14H,1-3H3. The number of aliphatic hydroxyl groups excluding tert-OH is 1. The fourth-order valence-corrected chi connectivity index (χ4v) is 1.89. The number of rotatable bonds is 2. The third kappa shape index (κ3) is 2.34. The van der Waals surface area contributed by atoms with Crippen LogP contribution in [0.3, 0.4) is 0 Å². The summed E-state index contributed by atoms with van der Waals surface area (Å²) >= 11 is 3.13. The van der Waals surface area contributed by atoms with Crippen LogP contribution in [0.4, 0.5) is 4.39 Å². The molecule has 1 aromatic carbocycles. The zero-order valence-corrected chi connectivity index (χ0v) is 10.1. The quantitative estimate of drug-likeness (QED) is 0.862. The largest absolute Gasteiger partial charge is 0.388 e. The van der Waals surface area contributed by atoms with Gasteiger partial charge in [0.05, 0.1) is 10.6 Å². The molecule has 0 bridgehead atoms. The van der Waals surface area contributed by atoms with Gasteiger partial charge < -0.3 is 5.11 Å². The second-order valence-electron chi connectivity index (χ2n) is 3.82. The van der Waals surface area contributed by atoms with E-state index in [9.17, 15) is 9.50 Å². The van der Waals surface area contributed by atoms with E-state index in [-0.39, 0.29) is 11.7 Å². The van der Waals surface area contributed by atoms with Crippen LogP contribution in [0.15, 0.2) is 16.6 Å². The molecule has 3 heteroatoms. The number of hydrogen-bond donors (Lipinski definition) is 1. The molecule has 1 unspecified atom stereocenters. The molecule has 1 nitrogen and oxygen atoms in total. The smallest absolute Gasteiger partial charge is 0.140 e. The maximum absolute atomic E-state index is 13.2. The van der Waals surface area contributed by atoms with Gasteiger partial charge in [-0.1, -0.05) is 19.9 Å². The summed E-state index contributed by atoms with van der Waals surface area (Å²) in [5, 5.41) is 9.79. The van der Waals surface area contributed by atoms with E-state index in [1.807, 2.05) is 13.8 Å². The van der Waals surface area contributed by atoms with Crippen LogP contribution in [0, 0.1) is 18.7 Å². The van der Waals surface area contributed by atoms with E-state index in [2.05, 4.69) is 15.9 Å². The Hall–Kier alpha value is -0.410. The topological polar surface area (TPSA) is 20.2 Å². The van der Waals surface area contributed by atoms with Crippen molar-refractivity contribution < 1.29 is 9.50 Å². The summed E-state index contributed by atoms with van der Waals surface area (Å²) in [5.74, 6) is -0.128. The number of hydrogen-bond acceptors (Lipinski definition) is 1. The molecule has 14 heavy (non-hydrogen) atoms. The Morgan fingerprint density at radius 3 is 2.36 bits per heavy atom. The van der Waals surface area contributed by atoms with Crippen molar-refractivity contribution in [2.24, 2.45) is 5.92 Å². The molecule has 0 heterocycles. The lowest BCUT2D eigenvalue weighted by molar-refractivity contribution is 0.126. The lowest BCUT2D eigenvalue weighted by Gasteiger charge is -2.16. The first-order chi connectivity index (χ1) is 6.43.